The van der Waals surface area contributed by atoms with Gasteiger partial charge in [-0.15, -0.1) is 0 Å². The Morgan fingerprint density at radius 2 is 0.296 bits per heavy atom. The minimum atomic E-state index is -7.22. The van der Waals surface area contributed by atoms with Crippen LogP contribution in [0.3, 0.4) is 0 Å². The van der Waals surface area contributed by atoms with Crippen LogP contribution in [0.1, 0.15) is 0 Å². The van der Waals surface area contributed by atoms with Crippen molar-refractivity contribution in [3.8, 4) is 0 Å². The third-order valence-corrected chi connectivity index (χ3v) is 17.3. The molecule has 4 fully saturated rings. The van der Waals surface area contributed by atoms with E-state index in [0.717, 1.165) is 0 Å². The molecule has 0 N–H and O–H groups in total. The summed E-state index contributed by atoms with van der Waals surface area (Å²) in [6, 6.07) is 0. The Morgan fingerprint density at radius 1 is 0.165 bits per heavy atom. The van der Waals surface area contributed by atoms with E-state index in [1.165, 1.54) is 0 Å². The van der Waals surface area contributed by atoms with E-state index in [2.05, 4.69) is 58.6 Å². The third-order valence-electron chi connectivity index (χ3n) is 11.0. The zero-order chi connectivity index (χ0) is 78.2. The average molecular weight is 2100 g/mol. The second kappa shape index (κ2) is 60.0. The van der Waals surface area contributed by atoms with Crippen molar-refractivity contribution in [2.24, 2.45) is 0 Å². The van der Waals surface area contributed by atoms with E-state index < -0.39 is 295 Å². The molecule has 4 saturated heterocycles. The number of hydrogen-bond acceptors (Lipinski definition) is 63. The number of ether oxygens (including phenoxy) is 7. The second-order valence-electron chi connectivity index (χ2n) is 18.0. The maximum absolute atomic E-state index is 12.7. The van der Waals surface area contributed by atoms with Crippen molar-refractivity contribution in [1.82, 2.24) is 0 Å². The molecule has 0 saturated carbocycles. The molecule has 4 aliphatic heterocycles. The van der Waals surface area contributed by atoms with Crippen LogP contribution >= 0.6 is 0 Å². The van der Waals surface area contributed by atoms with Gasteiger partial charge < -0.3 is 96.9 Å². The van der Waals surface area contributed by atoms with Gasteiger partial charge in [-0.1, -0.05) is 0 Å². The fraction of sp³-hybridized carbons (Fsp3) is 1.00. The zero-order valence-electron chi connectivity index (χ0n) is 59.8. The summed E-state index contributed by atoms with van der Waals surface area (Å²) < 4.78 is 597. The van der Waals surface area contributed by atoms with Gasteiger partial charge >= 0.3 is 414 Å². The smallest absolute Gasteiger partial charge is 0.726 e. The summed E-state index contributed by atoms with van der Waals surface area (Å²) in [6.07, 6.45) is -78.8. The molecule has 0 aromatic rings. The Bertz CT molecular complexity index is 4670. The van der Waals surface area contributed by atoms with E-state index in [1.54, 1.807) is 0 Å². The Labute approximate surface area is 962 Å². The summed E-state index contributed by atoms with van der Waals surface area (Å²) in [5.41, 5.74) is 0. The van der Waals surface area contributed by atoms with E-state index in [9.17, 15) is 182 Å². The molecular weight excluding hydrogens is 2070 g/mol. The summed E-state index contributed by atoms with van der Waals surface area (Å²) in [4.78, 5) is 0. The number of hydrogen-bond donors (Lipinski definition) is 0. The van der Waals surface area contributed by atoms with Crippen LogP contribution in [0.15, 0.2) is 0 Å². The molecular formula is C24H28Na14O63S14. The second-order valence-corrected chi connectivity index (χ2v) is 32.3. The Morgan fingerprint density at radius 3 is 0.478 bits per heavy atom. The summed E-state index contributed by atoms with van der Waals surface area (Å²) in [5, 5.41) is 0. The minimum Gasteiger partial charge on any atom is -0.726 e. The molecule has 0 spiro atoms. The molecule has 0 unspecified atom stereocenters. The van der Waals surface area contributed by atoms with Gasteiger partial charge in [0.15, 0.2) is 43.5 Å². The van der Waals surface area contributed by atoms with E-state index in [0.29, 0.717) is 0 Å². The molecule has 0 amide bonds. The SMILES string of the molecule is O=S(=O)([O-])OC[C@@H]1O[C@H](O[C@H]2O[C@@H](COS(=O)(=O)[O-])[C@@H](O[C@@H]3O[C@@H](COS(=O)(=O)[O-])[C@@H](OS(=O)(=O)[O-])[C@H](OS(=O)(=O)[O-])[C@@H]3O[C@@H]3O[C@@H](COS(=O)(=O)[O-])[C@@H](OS(=O)(=O)[O-])[C@H](OS(=O)(=O)[O-])[C@@H]3OS(=O)(=O)[O-])[C@H](OS(=O)(=O)[O-])[C@@H]2OS(=O)(=O)[O-])[C@@H](OS(=O)(=O)[O-])[C@@H](OS(=O)(=O)[O-])[C@H]1OS(=O)(=O)[O-].[Na+].[Na+].[Na+].[Na+].[Na+].[Na+].[Na+].[Na+].[Na+].[Na+].[Na+].[Na+].[Na+].[Na+]. The summed E-state index contributed by atoms with van der Waals surface area (Å²) in [6.45, 7) is -10.1. The van der Waals surface area contributed by atoms with Crippen LogP contribution in [-0.2, 0) is 237 Å². The van der Waals surface area contributed by atoms with Crippen molar-refractivity contribution in [3.05, 3.63) is 0 Å². The average Bonchev–Trinajstić information content (AvgIpc) is 0.751. The van der Waals surface area contributed by atoms with Crippen LogP contribution in [0, 0.1) is 0 Å². The van der Waals surface area contributed by atoms with Crippen molar-refractivity contribution < 1.29 is 687 Å². The first-order valence-corrected chi connectivity index (χ1v) is 41.8. The quantitative estimate of drug-likeness (QED) is 0.0315. The molecule has 600 valence electrons. The van der Waals surface area contributed by atoms with Gasteiger partial charge in [-0.3, -0.25) is 58.6 Å². The maximum atomic E-state index is 12.7. The zero-order valence-corrected chi connectivity index (χ0v) is 99.2. The van der Waals surface area contributed by atoms with E-state index in [4.69, 9.17) is 33.2 Å². The van der Waals surface area contributed by atoms with E-state index in [-0.39, 0.29) is 414 Å². The molecule has 0 radical (unpaired) electrons. The predicted octanol–water partition coefficient (Wildman–Crippen LogP) is -58.9. The summed E-state index contributed by atoms with van der Waals surface area (Å²) in [7, 11) is -95.6. The summed E-state index contributed by atoms with van der Waals surface area (Å²) >= 11 is 0. The predicted molar refractivity (Wildman–Crippen MR) is 254 cm³/mol. The Kier molecular flexibility index (Phi) is 78.1. The molecule has 115 heavy (non-hydrogen) atoms. The van der Waals surface area contributed by atoms with Gasteiger partial charge in [0, 0.05) is 0 Å². The van der Waals surface area contributed by atoms with Crippen LogP contribution in [0.25, 0.3) is 0 Å². The van der Waals surface area contributed by atoms with Crippen molar-refractivity contribution in [2.45, 2.75) is 123 Å². The van der Waals surface area contributed by atoms with Gasteiger partial charge in [0.1, 0.15) is 79.4 Å². The normalized spacial score (nSPS) is 28.5. The van der Waals surface area contributed by atoms with Crippen molar-refractivity contribution >= 4 is 146 Å². The standard InChI is InChI=1S/C24H42O63S14.14Na/c25-88(26,27)67-1-5-9(13(81-95(46,47)48)18(85-99(58,59)60)23(71-5)77-24-20(87-101(64,65)66)16(84-98(55,56)57)12(80-94(43,44)45)8(74-24)4-70-91(34,35)36)75-21-17(14(82-96(49,50)51)10(78-92(37,38)39)6(72-21)2-68-89(28,29)30)76-22-19(86-100(61,62)63)15(83-97(52,53)54)11(79-93(40,41)42)7(73-22)3-69-90(31,32)33;;;;;;;;;;;;;;/h5-24H,1-4H2,(H,25,26,27)(H,28,29,30)(H,31,32,33)(H,34,35,36)(H,37,38,39)(H,40,41,42)(H,43,44,45)(H,46,47,48)(H,49,50,51)(H,52,53,54)(H,55,56,57)(H,58,59,60)(H,61,62,63)(H,64,65,66);;;;;;;;;;;;;;/q;14*+1/p-14/t5-,6-,7-,8-,9+,10+,11+,12-,13-,14-,15-,16-,17-,18-,19-,20-,21-,22-,23+,24+;;;;;;;;;;;;;;/m0............../s1. The van der Waals surface area contributed by atoms with Gasteiger partial charge in [0.25, 0.3) is 0 Å². The first-order chi connectivity index (χ1) is 44.7. The molecule has 0 bridgehead atoms. The molecule has 4 aliphatic rings. The molecule has 4 heterocycles. The first kappa shape index (κ1) is 150. The largest absolute Gasteiger partial charge is 1.00 e. The molecule has 20 atom stereocenters. The third kappa shape index (κ3) is 61.1. The fourth-order valence-corrected chi connectivity index (χ4v) is 14.4. The van der Waals surface area contributed by atoms with Crippen LogP contribution in [0.4, 0.5) is 0 Å². The van der Waals surface area contributed by atoms with Crippen LogP contribution in [-0.4, -0.2) is 331 Å². The van der Waals surface area contributed by atoms with E-state index >= 15 is 0 Å². The van der Waals surface area contributed by atoms with Crippen LogP contribution < -0.4 is 414 Å². The van der Waals surface area contributed by atoms with Gasteiger partial charge in [0.2, 0.25) is 146 Å². The van der Waals surface area contributed by atoms with Crippen molar-refractivity contribution in [1.29, 1.82) is 0 Å². The molecule has 0 aromatic heterocycles. The first-order valence-electron chi connectivity index (χ1n) is 23.1. The molecule has 0 aliphatic carbocycles. The van der Waals surface area contributed by atoms with Gasteiger partial charge in [-0.2, -0.15) is 0 Å². The van der Waals surface area contributed by atoms with Crippen molar-refractivity contribution in [3.63, 3.8) is 0 Å². The van der Waals surface area contributed by atoms with Crippen LogP contribution in [0.5, 0.6) is 0 Å². The Balaban J connectivity index is -0.000000858. The van der Waals surface area contributed by atoms with Crippen molar-refractivity contribution in [2.75, 3.05) is 26.4 Å². The molecule has 63 nitrogen and oxygen atoms in total. The minimum absolute atomic E-state index is 0. The molecule has 0 aromatic carbocycles. The van der Waals surface area contributed by atoms with Gasteiger partial charge in [-0.05, 0) is 0 Å². The Hall–Kier alpha value is 11.9. The topological polar surface area (TPSA) is 995 Å². The van der Waals surface area contributed by atoms with Gasteiger partial charge in [0.05, 0.1) is 26.4 Å². The summed E-state index contributed by atoms with van der Waals surface area (Å²) in [5.74, 6) is 0. The molecule has 4 rings (SSSR count). The van der Waals surface area contributed by atoms with Crippen LogP contribution in [0.2, 0.25) is 0 Å². The monoisotopic (exact) mass is 2090 g/mol. The van der Waals surface area contributed by atoms with Gasteiger partial charge in [-0.25, -0.2) is 118 Å². The maximum Gasteiger partial charge on any atom is 1.00 e. The molecule has 91 heteroatoms. The fourth-order valence-electron chi connectivity index (χ4n) is 8.30. The van der Waals surface area contributed by atoms with E-state index in [1.807, 2.05) is 0 Å². The number of rotatable bonds is 38.